The highest BCUT2D eigenvalue weighted by Crippen LogP contribution is 2.04. The van der Waals surface area contributed by atoms with Gasteiger partial charge in [-0.15, -0.1) is 0 Å². The van der Waals surface area contributed by atoms with E-state index in [1.165, 1.54) is 6.20 Å². The van der Waals surface area contributed by atoms with Crippen LogP contribution in [0, 0.1) is 6.92 Å². The molecule has 4 heteroatoms. The van der Waals surface area contributed by atoms with Crippen LogP contribution in [0.2, 0.25) is 0 Å². The lowest BCUT2D eigenvalue weighted by Gasteiger charge is -2.00. The molecule has 0 atom stereocenters. The van der Waals surface area contributed by atoms with Crippen LogP contribution in [0.15, 0.2) is 59.3 Å². The number of allylic oxidation sites excluding steroid dienone is 1. The zero-order valence-electron chi connectivity index (χ0n) is 12.1. The Morgan fingerprint density at radius 2 is 1.95 bits per heavy atom. The summed E-state index contributed by atoms with van der Waals surface area (Å²) in [5, 5.41) is 3.95. The van der Waals surface area contributed by atoms with Crippen LogP contribution in [0.4, 0.5) is 0 Å². The summed E-state index contributed by atoms with van der Waals surface area (Å²) in [7, 11) is 0. The molecule has 0 saturated heterocycles. The van der Waals surface area contributed by atoms with Crippen molar-refractivity contribution in [2.45, 2.75) is 13.8 Å². The van der Waals surface area contributed by atoms with Gasteiger partial charge in [0.2, 0.25) is 0 Å². The molecule has 0 fully saturated rings. The highest BCUT2D eigenvalue weighted by atomic mass is 16.2. The quantitative estimate of drug-likeness (QED) is 0.690. The van der Waals surface area contributed by atoms with Crippen LogP contribution in [-0.4, -0.2) is 17.1 Å². The van der Waals surface area contributed by atoms with Gasteiger partial charge in [0, 0.05) is 11.9 Å². The monoisotopic (exact) mass is 279 g/mol. The lowest BCUT2D eigenvalue weighted by atomic mass is 10.1. The first-order valence-electron chi connectivity index (χ1n) is 6.64. The average molecular weight is 279 g/mol. The molecule has 1 N–H and O–H groups in total. The Morgan fingerprint density at radius 3 is 2.62 bits per heavy atom. The van der Waals surface area contributed by atoms with E-state index in [1.54, 1.807) is 18.3 Å². The van der Waals surface area contributed by atoms with Gasteiger partial charge in [-0.2, -0.15) is 5.10 Å². The molecule has 0 aliphatic heterocycles. The minimum atomic E-state index is -0.272. The van der Waals surface area contributed by atoms with E-state index in [9.17, 15) is 4.79 Å². The highest BCUT2D eigenvalue weighted by Gasteiger charge is 2.03. The molecule has 0 spiro atoms. The molecule has 1 heterocycles. The fourth-order valence-electron chi connectivity index (χ4n) is 1.71. The van der Waals surface area contributed by atoms with Crippen molar-refractivity contribution >= 4 is 18.2 Å². The number of aromatic nitrogens is 1. The summed E-state index contributed by atoms with van der Waals surface area (Å²) < 4.78 is 0. The first-order chi connectivity index (χ1) is 10.1. The predicted octanol–water partition coefficient (Wildman–Crippen LogP) is 3.21. The van der Waals surface area contributed by atoms with Crippen LogP contribution in [0.5, 0.6) is 0 Å². The van der Waals surface area contributed by atoms with Crippen molar-refractivity contribution in [1.82, 2.24) is 10.4 Å². The van der Waals surface area contributed by atoms with Gasteiger partial charge in [-0.1, -0.05) is 36.4 Å². The molecule has 1 aromatic heterocycles. The van der Waals surface area contributed by atoms with Crippen LogP contribution >= 0.6 is 0 Å². The van der Waals surface area contributed by atoms with Crippen molar-refractivity contribution in [1.29, 1.82) is 0 Å². The number of hydrogen-bond acceptors (Lipinski definition) is 3. The molecule has 0 saturated carbocycles. The summed E-state index contributed by atoms with van der Waals surface area (Å²) in [6.07, 6.45) is 5.14. The molecule has 0 unspecified atom stereocenters. The summed E-state index contributed by atoms with van der Waals surface area (Å²) in [4.78, 5) is 15.9. The van der Waals surface area contributed by atoms with Crippen molar-refractivity contribution in [3.05, 3.63) is 71.1 Å². The van der Waals surface area contributed by atoms with E-state index >= 15 is 0 Å². The number of hydrogen-bond donors (Lipinski definition) is 1. The van der Waals surface area contributed by atoms with E-state index < -0.39 is 0 Å². The van der Waals surface area contributed by atoms with Crippen molar-refractivity contribution in [2.24, 2.45) is 5.10 Å². The first kappa shape index (κ1) is 14.7. The van der Waals surface area contributed by atoms with E-state index in [4.69, 9.17) is 0 Å². The average Bonchev–Trinajstić information content (AvgIpc) is 2.49. The van der Waals surface area contributed by atoms with E-state index in [-0.39, 0.29) is 5.91 Å². The zero-order valence-corrected chi connectivity index (χ0v) is 12.1. The molecule has 1 aromatic carbocycles. The van der Waals surface area contributed by atoms with E-state index in [0.29, 0.717) is 5.56 Å². The van der Waals surface area contributed by atoms with Gasteiger partial charge < -0.3 is 0 Å². The Balaban J connectivity index is 1.94. The number of rotatable bonds is 4. The standard InChI is InChI=1S/C17H17N3O/c1-13(10-15-6-4-3-5-7-15)11-19-20-17(21)16-9-8-14(2)18-12-16/h3-12H,1-2H3,(H,20,21)/b13-10+,19-11-. The summed E-state index contributed by atoms with van der Waals surface area (Å²) in [5.74, 6) is -0.272. The van der Waals surface area contributed by atoms with E-state index in [1.807, 2.05) is 50.3 Å². The van der Waals surface area contributed by atoms with Gasteiger partial charge in [-0.05, 0) is 37.1 Å². The van der Waals surface area contributed by atoms with Crippen molar-refractivity contribution in [3.63, 3.8) is 0 Å². The largest absolute Gasteiger partial charge is 0.272 e. The second-order valence-electron chi connectivity index (χ2n) is 4.69. The van der Waals surface area contributed by atoms with Gasteiger partial charge in [0.25, 0.3) is 5.91 Å². The SMILES string of the molecule is CC(/C=N\NC(=O)c1ccc(C)nc1)=C\c1ccccc1. The molecule has 0 aliphatic rings. The minimum absolute atomic E-state index is 0.272. The minimum Gasteiger partial charge on any atom is -0.267 e. The van der Waals surface area contributed by atoms with E-state index in [0.717, 1.165) is 16.8 Å². The number of hydrazone groups is 1. The first-order valence-corrected chi connectivity index (χ1v) is 6.64. The predicted molar refractivity (Wildman–Crippen MR) is 85.0 cm³/mol. The maximum absolute atomic E-state index is 11.8. The zero-order chi connectivity index (χ0) is 15.1. The maximum Gasteiger partial charge on any atom is 0.272 e. The van der Waals surface area contributed by atoms with Gasteiger partial charge in [0.05, 0.1) is 11.8 Å². The number of nitrogens with one attached hydrogen (secondary N) is 1. The Kier molecular flexibility index (Phi) is 4.99. The Labute approximate surface area is 124 Å². The van der Waals surface area contributed by atoms with Crippen molar-refractivity contribution < 1.29 is 4.79 Å². The Morgan fingerprint density at radius 1 is 1.19 bits per heavy atom. The maximum atomic E-state index is 11.8. The second kappa shape index (κ2) is 7.14. The molecule has 0 aliphatic carbocycles. The molecule has 106 valence electrons. The Bertz CT molecular complexity index is 658. The normalized spacial score (nSPS) is 11.6. The smallest absolute Gasteiger partial charge is 0.267 e. The van der Waals surface area contributed by atoms with Crippen molar-refractivity contribution in [3.8, 4) is 0 Å². The molecule has 2 rings (SSSR count). The molecule has 21 heavy (non-hydrogen) atoms. The van der Waals surface area contributed by atoms with Crippen LogP contribution in [0.3, 0.4) is 0 Å². The third-order valence-corrected chi connectivity index (χ3v) is 2.80. The van der Waals surface area contributed by atoms with Crippen LogP contribution in [0.25, 0.3) is 6.08 Å². The topological polar surface area (TPSA) is 54.4 Å². The van der Waals surface area contributed by atoms with Gasteiger partial charge in [-0.25, -0.2) is 5.43 Å². The third kappa shape index (κ3) is 4.69. The summed E-state index contributed by atoms with van der Waals surface area (Å²) >= 11 is 0. The Hall–Kier alpha value is -2.75. The van der Waals surface area contributed by atoms with Gasteiger partial charge in [-0.3, -0.25) is 9.78 Å². The number of pyridine rings is 1. The van der Waals surface area contributed by atoms with Gasteiger partial charge >= 0.3 is 0 Å². The van der Waals surface area contributed by atoms with Gasteiger partial charge in [0.15, 0.2) is 0 Å². The van der Waals surface area contributed by atoms with Crippen LogP contribution < -0.4 is 5.43 Å². The number of aryl methyl sites for hydroxylation is 1. The molecular formula is C17H17N3O. The fraction of sp³-hybridized carbons (Fsp3) is 0.118. The van der Waals surface area contributed by atoms with Crippen LogP contribution in [-0.2, 0) is 0 Å². The summed E-state index contributed by atoms with van der Waals surface area (Å²) in [6, 6.07) is 13.4. The lowest BCUT2D eigenvalue weighted by molar-refractivity contribution is 0.0955. The number of carbonyl (C=O) groups is 1. The molecular weight excluding hydrogens is 262 g/mol. The summed E-state index contributed by atoms with van der Waals surface area (Å²) in [6.45, 7) is 3.80. The van der Waals surface area contributed by atoms with Gasteiger partial charge in [0.1, 0.15) is 0 Å². The molecule has 0 bridgehead atoms. The molecule has 0 radical (unpaired) electrons. The number of carbonyl (C=O) groups excluding carboxylic acids is 1. The molecule has 1 amide bonds. The summed E-state index contributed by atoms with van der Waals surface area (Å²) in [5.41, 5.74) is 5.89. The second-order valence-corrected chi connectivity index (χ2v) is 4.69. The number of nitrogens with zero attached hydrogens (tertiary/aromatic N) is 2. The molecule has 4 nitrogen and oxygen atoms in total. The number of benzene rings is 1. The molecule has 2 aromatic rings. The highest BCUT2D eigenvalue weighted by molar-refractivity contribution is 5.94. The van der Waals surface area contributed by atoms with E-state index in [2.05, 4.69) is 15.5 Å². The lowest BCUT2D eigenvalue weighted by Crippen LogP contribution is -2.17. The van der Waals surface area contributed by atoms with Crippen LogP contribution in [0.1, 0.15) is 28.5 Å². The van der Waals surface area contributed by atoms with Crippen molar-refractivity contribution in [2.75, 3.05) is 0 Å². The number of amides is 1. The fourth-order valence-corrected chi connectivity index (χ4v) is 1.71. The third-order valence-electron chi connectivity index (χ3n) is 2.80.